The lowest BCUT2D eigenvalue weighted by atomic mass is 9.95. The predicted molar refractivity (Wildman–Crippen MR) is 507 cm³/mol. The zero-order valence-corrected chi connectivity index (χ0v) is 73.3. The topological polar surface area (TPSA) is 313 Å². The summed E-state index contributed by atoms with van der Waals surface area (Å²) < 4.78 is 66.8. The van der Waals surface area contributed by atoms with E-state index in [0.29, 0.717) is 87.6 Å². The van der Waals surface area contributed by atoms with Gasteiger partial charge in [0, 0.05) is 130 Å². The highest BCUT2D eigenvalue weighted by atomic mass is 19.1. The van der Waals surface area contributed by atoms with E-state index in [1.165, 1.54) is 67.8 Å². The number of carbonyl (C=O) groups is 4. The molecule has 16 aromatic rings. The van der Waals surface area contributed by atoms with E-state index in [1.807, 2.05) is 121 Å². The number of amides is 4. The molecule has 4 fully saturated rings. The number of nitrogens with zero attached hydrogens (tertiary/aromatic N) is 14. The van der Waals surface area contributed by atoms with Gasteiger partial charge in [0.05, 0.1) is 13.2 Å². The molecule has 28 nitrogen and oxygen atoms in total. The van der Waals surface area contributed by atoms with Crippen LogP contribution >= 0.6 is 0 Å². The Morgan fingerprint density at radius 1 is 0.376 bits per heavy atom. The van der Waals surface area contributed by atoms with Gasteiger partial charge in [-0.3, -0.25) is 24.1 Å². The molecule has 0 atom stereocenters. The normalized spacial score (nSPS) is 14.5. The molecule has 8 aromatic heterocycles. The van der Waals surface area contributed by atoms with Crippen molar-refractivity contribution < 1.29 is 41.5 Å². The summed E-state index contributed by atoms with van der Waals surface area (Å²) in [5.74, 6) is 0.768. The Hall–Kier alpha value is -15.1. The van der Waals surface area contributed by atoms with Crippen LogP contribution in [0.3, 0.4) is 0 Å². The van der Waals surface area contributed by atoms with E-state index < -0.39 is 0 Å². The number of halogens is 4. The molecule has 11 heterocycles. The summed E-state index contributed by atoms with van der Waals surface area (Å²) in [6.45, 7) is 9.81. The van der Waals surface area contributed by atoms with E-state index >= 15 is 0 Å². The molecule has 678 valence electrons. The maximum absolute atomic E-state index is 13.7. The number of aromatic nitrogens is 12. The lowest BCUT2D eigenvalue weighted by Crippen LogP contribution is -2.43. The van der Waals surface area contributed by atoms with Crippen LogP contribution in [-0.2, 0) is 4.74 Å². The molecule has 0 radical (unpaired) electrons. The first-order valence-electron chi connectivity index (χ1n) is 44.8. The maximum atomic E-state index is 13.7. The number of hydrogen-bond acceptors (Lipinski definition) is 20. The molecule has 32 heteroatoms. The van der Waals surface area contributed by atoms with Crippen LogP contribution in [0.2, 0.25) is 0 Å². The number of benzene rings is 8. The highest BCUT2D eigenvalue weighted by Gasteiger charge is 2.24. The number of anilines is 8. The Labute approximate surface area is 765 Å². The Morgan fingerprint density at radius 3 is 1.05 bits per heavy atom. The van der Waals surface area contributed by atoms with Crippen molar-refractivity contribution in [3.63, 3.8) is 0 Å². The smallest absolute Gasteiger partial charge is 0.251 e. The first-order chi connectivity index (χ1) is 65.0. The van der Waals surface area contributed by atoms with E-state index in [-0.39, 0.29) is 59.0 Å². The van der Waals surface area contributed by atoms with E-state index in [1.54, 1.807) is 116 Å². The summed E-state index contributed by atoms with van der Waals surface area (Å²) in [5.41, 5.74) is 14.2. The lowest BCUT2D eigenvalue weighted by Gasteiger charge is -2.29. The average Bonchev–Trinajstić information content (AvgIpc) is 1.68. The van der Waals surface area contributed by atoms with Crippen LogP contribution in [0.25, 0.3) is 67.1 Å². The van der Waals surface area contributed by atoms with Gasteiger partial charge in [-0.25, -0.2) is 35.6 Å². The number of hydrogen-bond donors (Lipinski definition) is 9. The van der Waals surface area contributed by atoms with Gasteiger partial charge in [0.1, 0.15) is 23.3 Å². The van der Waals surface area contributed by atoms with E-state index in [9.17, 15) is 36.7 Å². The summed E-state index contributed by atoms with van der Waals surface area (Å²) in [6, 6.07) is 70.1. The van der Waals surface area contributed by atoms with Gasteiger partial charge in [-0.15, -0.1) is 20.4 Å². The summed E-state index contributed by atoms with van der Waals surface area (Å²) in [7, 11) is 2.10. The summed E-state index contributed by atoms with van der Waals surface area (Å²) in [4.78, 5) is 73.0. The van der Waals surface area contributed by atoms with Gasteiger partial charge in [0.2, 0.25) is 23.8 Å². The Balaban J connectivity index is 0.000000124. The van der Waals surface area contributed by atoms with E-state index in [2.05, 4.69) is 105 Å². The fourth-order valence-corrected chi connectivity index (χ4v) is 16.5. The number of ether oxygens (including phenoxy) is 1. The van der Waals surface area contributed by atoms with Gasteiger partial charge in [0.15, 0.2) is 22.6 Å². The van der Waals surface area contributed by atoms with Crippen LogP contribution in [0.5, 0.6) is 0 Å². The summed E-state index contributed by atoms with van der Waals surface area (Å²) in [6.07, 6.45) is 18.0. The fourth-order valence-electron chi connectivity index (χ4n) is 16.5. The molecule has 4 aliphatic rings. The van der Waals surface area contributed by atoms with Crippen LogP contribution < -0.4 is 47.9 Å². The van der Waals surface area contributed by atoms with Gasteiger partial charge >= 0.3 is 0 Å². The number of fused-ring (bicyclic) bond motifs is 4. The van der Waals surface area contributed by atoms with Gasteiger partial charge in [-0.05, 0) is 307 Å². The Kier molecular flexibility index (Phi) is 29.1. The molecular formula is C101H101F4N23O5. The van der Waals surface area contributed by atoms with E-state index in [4.69, 9.17) is 4.74 Å². The fraction of sp³-hybridized carbons (Fsp3) is 0.248. The summed E-state index contributed by atoms with van der Waals surface area (Å²) in [5, 5.41) is 46.2. The second kappa shape index (κ2) is 43.1. The first-order valence-corrected chi connectivity index (χ1v) is 44.8. The number of nitrogens with one attached hydrogen (secondary N) is 9. The number of pyridine rings is 4. The first kappa shape index (κ1) is 89.8. The molecule has 1 aliphatic carbocycles. The van der Waals surface area contributed by atoms with E-state index in [0.717, 1.165) is 171 Å². The van der Waals surface area contributed by atoms with Crippen molar-refractivity contribution in [1.29, 1.82) is 0 Å². The minimum Gasteiger partial charge on any atom is -0.379 e. The molecule has 0 spiro atoms. The number of rotatable bonds is 24. The third kappa shape index (κ3) is 23.7. The quantitative estimate of drug-likeness (QED) is 0.0200. The number of likely N-dealkylation sites (tertiary alicyclic amines) is 1. The van der Waals surface area contributed by atoms with Crippen molar-refractivity contribution in [2.24, 2.45) is 5.92 Å². The standard InChI is InChI=1S/C26H27FN6O2.2C25H25FN6O.C25H24FN5O/c27-21-5-1-4-20(18-21)23-6-2-13-33-24(23)30-26(31-33)29-22-9-7-19(8-10-22)25(34)28-11-3-12-32-14-16-35-17-15-32;1-31-14-11-21(12-15-31)27-24(33)17-7-9-20(10-8-17)28-25-29-23-22(6-3-13-32(23)30-25)18-4-2-5-19(26)16-18;26-20-4-1-3-19(15-20)22-5-2-14-32-23(22)30-25(31-32)29-21-8-6-18(7-9-21)24(33)28-16-17-10-12-27-13-11-17;26-19-7-4-6-18(16-19)22-10-5-15-31-23(22)29-25(30-31)28-21-13-11-17(12-14-21)24(32)27-20-8-2-1-3-9-20/h1-2,4-10,13,18H,3,11-12,14-17H2,(H,28,34)(H,29,31);2-10,13,16,21H,11-12,14-15H2,1H3,(H,27,33)(H,28,30);1-9,14-15,17,27H,10-13,16H2,(H,28,33)(H,29,31);4-7,10-16,20H,1-3,8-9H2,(H,27,32)(H,28,30). The van der Waals surface area contributed by atoms with Gasteiger partial charge < -0.3 is 57.5 Å². The third-order valence-electron chi connectivity index (χ3n) is 23.6. The monoisotopic (exact) mass is 1790 g/mol. The molecule has 20 rings (SSSR count). The van der Waals surface area contributed by atoms with Crippen molar-refractivity contribution in [2.75, 3.05) is 100 Å². The second-order valence-electron chi connectivity index (χ2n) is 33.2. The molecule has 0 unspecified atom stereocenters. The molecule has 133 heavy (non-hydrogen) atoms. The van der Waals surface area contributed by atoms with Gasteiger partial charge in [0.25, 0.3) is 23.6 Å². The third-order valence-corrected chi connectivity index (χ3v) is 23.6. The number of morpholine rings is 1. The van der Waals surface area contributed by atoms with Crippen molar-refractivity contribution in [2.45, 2.75) is 76.3 Å². The van der Waals surface area contributed by atoms with Crippen LogP contribution in [0.15, 0.2) is 267 Å². The van der Waals surface area contributed by atoms with Gasteiger partial charge in [-0.1, -0.05) is 67.8 Å². The molecule has 4 amide bonds. The Bertz CT molecular complexity index is 6690. The molecule has 0 bridgehead atoms. The zero-order valence-electron chi connectivity index (χ0n) is 73.3. The Morgan fingerprint density at radius 2 is 0.707 bits per heavy atom. The van der Waals surface area contributed by atoms with Crippen LogP contribution in [-0.4, -0.2) is 183 Å². The van der Waals surface area contributed by atoms with Crippen molar-refractivity contribution >= 4 is 92.8 Å². The maximum Gasteiger partial charge on any atom is 0.251 e. The van der Waals surface area contributed by atoms with Crippen molar-refractivity contribution in [3.05, 3.63) is 313 Å². The van der Waals surface area contributed by atoms with Crippen molar-refractivity contribution in [3.8, 4) is 44.5 Å². The molecule has 3 aliphatic heterocycles. The largest absolute Gasteiger partial charge is 0.379 e. The van der Waals surface area contributed by atoms with Crippen LogP contribution in [0.4, 0.5) is 64.1 Å². The number of piperidine rings is 2. The lowest BCUT2D eigenvalue weighted by molar-refractivity contribution is 0.0374. The zero-order chi connectivity index (χ0) is 91.4. The van der Waals surface area contributed by atoms with Gasteiger partial charge in [-0.2, -0.15) is 19.9 Å². The minimum atomic E-state index is -0.302. The minimum absolute atomic E-state index is 0.0333. The van der Waals surface area contributed by atoms with Crippen molar-refractivity contribution in [1.82, 2.24) is 94.8 Å². The average molecular weight is 1790 g/mol. The highest BCUT2D eigenvalue weighted by molar-refractivity contribution is 5.97. The van der Waals surface area contributed by atoms with Crippen LogP contribution in [0, 0.1) is 29.2 Å². The molecule has 1 saturated carbocycles. The SMILES string of the molecule is CN1CCC(NC(=O)c2ccc(Nc3nc4c(-c5cccc(F)c5)cccn4n3)cc2)CC1.O=C(NC1CCCCC1)c1ccc(Nc2nc3c(-c4cccc(F)c4)cccn3n2)cc1.O=C(NCC1CCNCC1)c1ccc(Nc2nc3c(-c4cccc(F)c4)cccn3n2)cc1.O=C(NCCCN1CCOCC1)c1ccc(Nc2nc3c(-c4cccc(F)c4)cccn3n2)cc1. The molecule has 3 saturated heterocycles. The van der Waals surface area contributed by atoms with Crippen LogP contribution in [0.1, 0.15) is 106 Å². The molecular weight excluding hydrogens is 1690 g/mol. The molecule has 8 aromatic carbocycles. The highest BCUT2D eigenvalue weighted by Crippen LogP contribution is 2.32. The summed E-state index contributed by atoms with van der Waals surface area (Å²) >= 11 is 0. The second-order valence-corrected chi connectivity index (χ2v) is 33.2. The number of carbonyl (C=O) groups excluding carboxylic acids is 4. The predicted octanol–water partition coefficient (Wildman–Crippen LogP) is 17.2. The molecule has 9 N–H and O–H groups in total.